The maximum atomic E-state index is 13.0. The molecule has 1 aromatic carbocycles. The third-order valence-electron chi connectivity index (χ3n) is 6.41. The fourth-order valence-corrected chi connectivity index (χ4v) is 4.68. The lowest BCUT2D eigenvalue weighted by Gasteiger charge is -2.41. The highest BCUT2D eigenvalue weighted by Crippen LogP contribution is 2.24. The van der Waals surface area contributed by atoms with Crippen LogP contribution in [0.15, 0.2) is 55.1 Å². The minimum Gasteiger partial charge on any atom is -0.490 e. The quantitative estimate of drug-likeness (QED) is 0.649. The molecule has 7 heteroatoms. The second-order valence-electron chi connectivity index (χ2n) is 8.32. The van der Waals surface area contributed by atoms with Crippen LogP contribution in [0.5, 0.6) is 5.75 Å². The summed E-state index contributed by atoms with van der Waals surface area (Å²) >= 11 is 0. The Kier molecular flexibility index (Phi) is 5.76. The molecular weight excluding hydrogens is 390 g/mol. The average molecular weight is 418 g/mol. The van der Waals surface area contributed by atoms with Crippen molar-refractivity contribution in [2.75, 3.05) is 26.2 Å². The number of piperidine rings is 2. The molecule has 2 saturated heterocycles. The summed E-state index contributed by atoms with van der Waals surface area (Å²) in [5.41, 5.74) is 2.27. The van der Waals surface area contributed by atoms with Crippen LogP contribution in [-0.2, 0) is 0 Å². The number of likely N-dealkylation sites (tertiary alicyclic amines) is 2. The van der Waals surface area contributed by atoms with Crippen molar-refractivity contribution in [3.8, 4) is 5.75 Å². The molecule has 2 fully saturated rings. The highest BCUT2D eigenvalue weighted by molar-refractivity contribution is 5.97. The van der Waals surface area contributed by atoms with Crippen molar-refractivity contribution < 1.29 is 9.53 Å². The maximum absolute atomic E-state index is 13.0. The molecule has 3 aromatic rings. The average Bonchev–Trinajstić information content (AvgIpc) is 2.84. The van der Waals surface area contributed by atoms with Gasteiger partial charge in [0.05, 0.1) is 11.0 Å². The molecule has 0 spiro atoms. The molecule has 0 radical (unpaired) electrons. The lowest BCUT2D eigenvalue weighted by molar-refractivity contribution is 0.0425. The Morgan fingerprint density at radius 2 is 1.55 bits per heavy atom. The van der Waals surface area contributed by atoms with E-state index in [4.69, 9.17) is 4.74 Å². The third kappa shape index (κ3) is 4.51. The minimum atomic E-state index is 0.0930. The second-order valence-corrected chi connectivity index (χ2v) is 8.32. The number of hydrogen-bond donors (Lipinski definition) is 0. The third-order valence-corrected chi connectivity index (χ3v) is 6.41. The smallest absolute Gasteiger partial charge is 0.253 e. The second kappa shape index (κ2) is 8.98. The topological polar surface area (TPSA) is 71.5 Å². The van der Waals surface area contributed by atoms with E-state index >= 15 is 0 Å². The zero-order valence-corrected chi connectivity index (χ0v) is 17.6. The summed E-state index contributed by atoms with van der Waals surface area (Å²) in [6.07, 6.45) is 11.3. The van der Waals surface area contributed by atoms with Gasteiger partial charge in [0.15, 0.2) is 0 Å². The summed E-state index contributed by atoms with van der Waals surface area (Å²) in [5, 5.41) is 0. The number of rotatable bonds is 4. The van der Waals surface area contributed by atoms with Crippen LogP contribution in [0.4, 0.5) is 0 Å². The van der Waals surface area contributed by atoms with E-state index in [1.165, 1.54) is 0 Å². The first kappa shape index (κ1) is 19.9. The minimum absolute atomic E-state index is 0.0930. The summed E-state index contributed by atoms with van der Waals surface area (Å²) < 4.78 is 6.09. The predicted octanol–water partition coefficient (Wildman–Crippen LogP) is 3.17. The number of nitrogens with zero attached hydrogens (tertiary/aromatic N) is 5. The molecule has 0 atom stereocenters. The van der Waals surface area contributed by atoms with E-state index in [2.05, 4.69) is 19.9 Å². The van der Waals surface area contributed by atoms with Crippen molar-refractivity contribution >= 4 is 16.9 Å². The number of amides is 1. The van der Waals surface area contributed by atoms with Crippen molar-refractivity contribution in [3.05, 3.63) is 60.7 Å². The van der Waals surface area contributed by atoms with E-state index in [1.807, 2.05) is 35.2 Å². The lowest BCUT2D eigenvalue weighted by Crippen LogP contribution is -2.50. The van der Waals surface area contributed by atoms with Crippen molar-refractivity contribution in [1.82, 2.24) is 24.8 Å². The van der Waals surface area contributed by atoms with E-state index in [-0.39, 0.29) is 12.0 Å². The standard InChI is InChI=1S/C24H27N5O2/c30-24(18-1-2-22-23(17-18)27-12-11-26-22)29-13-5-19(6-14-29)28-15-7-21(8-16-28)31-20-3-9-25-10-4-20/h1-4,9-12,17,19,21H,5-8,13-16H2. The Hall–Kier alpha value is -3.06. The first-order valence-electron chi connectivity index (χ1n) is 11.1. The van der Waals surface area contributed by atoms with Gasteiger partial charge in [-0.25, -0.2) is 0 Å². The summed E-state index contributed by atoms with van der Waals surface area (Å²) in [6.45, 7) is 3.71. The Labute approximate surface area is 182 Å². The lowest BCUT2D eigenvalue weighted by atomic mass is 9.98. The molecule has 0 bridgehead atoms. The van der Waals surface area contributed by atoms with E-state index in [0.717, 1.165) is 68.6 Å². The molecule has 160 valence electrons. The van der Waals surface area contributed by atoms with Crippen LogP contribution in [0.1, 0.15) is 36.0 Å². The predicted molar refractivity (Wildman–Crippen MR) is 118 cm³/mol. The van der Waals surface area contributed by atoms with Gasteiger partial charge in [-0.05, 0) is 56.0 Å². The first-order valence-corrected chi connectivity index (χ1v) is 11.1. The normalized spacial score (nSPS) is 18.9. The van der Waals surface area contributed by atoms with Gasteiger partial charge in [0.1, 0.15) is 11.9 Å². The zero-order valence-electron chi connectivity index (χ0n) is 17.6. The zero-order chi connectivity index (χ0) is 21.0. The van der Waals surface area contributed by atoms with Crippen LogP contribution >= 0.6 is 0 Å². The number of ether oxygens (including phenoxy) is 1. The molecule has 0 aliphatic carbocycles. The van der Waals surface area contributed by atoms with Crippen molar-refractivity contribution in [2.24, 2.45) is 0 Å². The van der Waals surface area contributed by atoms with Gasteiger partial charge in [-0.2, -0.15) is 0 Å². The number of fused-ring (bicyclic) bond motifs is 1. The van der Waals surface area contributed by atoms with Crippen LogP contribution in [0, 0.1) is 0 Å². The van der Waals surface area contributed by atoms with E-state index in [9.17, 15) is 4.79 Å². The Balaban J connectivity index is 1.12. The number of aromatic nitrogens is 3. The molecule has 7 nitrogen and oxygen atoms in total. The summed E-state index contributed by atoms with van der Waals surface area (Å²) in [4.78, 5) is 30.2. The highest BCUT2D eigenvalue weighted by atomic mass is 16.5. The fourth-order valence-electron chi connectivity index (χ4n) is 4.68. The maximum Gasteiger partial charge on any atom is 0.253 e. The molecule has 31 heavy (non-hydrogen) atoms. The van der Waals surface area contributed by atoms with Crippen LogP contribution < -0.4 is 4.74 Å². The Bertz CT molecular complexity index is 1030. The molecule has 2 aliphatic rings. The van der Waals surface area contributed by atoms with Crippen molar-refractivity contribution in [1.29, 1.82) is 0 Å². The largest absolute Gasteiger partial charge is 0.490 e. The molecule has 4 heterocycles. The van der Waals surface area contributed by atoms with Crippen LogP contribution in [0.3, 0.4) is 0 Å². The van der Waals surface area contributed by atoms with E-state index < -0.39 is 0 Å². The fraction of sp³-hybridized carbons (Fsp3) is 0.417. The molecule has 0 unspecified atom stereocenters. The number of carbonyl (C=O) groups is 1. The van der Waals surface area contributed by atoms with Gasteiger partial charge in [0, 0.05) is 62.6 Å². The van der Waals surface area contributed by atoms with E-state index in [0.29, 0.717) is 11.6 Å². The monoisotopic (exact) mass is 417 g/mol. The van der Waals surface area contributed by atoms with Crippen LogP contribution in [0.2, 0.25) is 0 Å². The van der Waals surface area contributed by atoms with Gasteiger partial charge in [-0.15, -0.1) is 0 Å². The number of carbonyl (C=O) groups excluding carboxylic acids is 1. The molecule has 1 amide bonds. The Morgan fingerprint density at radius 3 is 2.29 bits per heavy atom. The van der Waals surface area contributed by atoms with Gasteiger partial charge in [-0.3, -0.25) is 24.6 Å². The first-order chi connectivity index (χ1) is 15.3. The van der Waals surface area contributed by atoms with Gasteiger partial charge in [-0.1, -0.05) is 0 Å². The molecule has 2 aromatic heterocycles. The van der Waals surface area contributed by atoms with Crippen molar-refractivity contribution in [2.45, 2.75) is 37.8 Å². The van der Waals surface area contributed by atoms with Crippen LogP contribution in [0.25, 0.3) is 11.0 Å². The van der Waals surface area contributed by atoms with E-state index in [1.54, 1.807) is 24.8 Å². The molecule has 2 aliphatic heterocycles. The molecular formula is C24H27N5O2. The number of benzene rings is 1. The summed E-state index contributed by atoms with van der Waals surface area (Å²) in [7, 11) is 0. The SMILES string of the molecule is O=C(c1ccc2nccnc2c1)N1CCC(N2CCC(Oc3ccncc3)CC2)CC1. The van der Waals surface area contributed by atoms with Crippen LogP contribution in [-0.4, -0.2) is 69.0 Å². The van der Waals surface area contributed by atoms with Gasteiger partial charge < -0.3 is 9.64 Å². The summed E-state index contributed by atoms with van der Waals surface area (Å²) in [6, 6.07) is 9.97. The molecule has 5 rings (SSSR count). The summed E-state index contributed by atoms with van der Waals surface area (Å²) in [5.74, 6) is 0.996. The Morgan fingerprint density at radius 1 is 0.839 bits per heavy atom. The van der Waals surface area contributed by atoms with Gasteiger partial charge in [0.25, 0.3) is 5.91 Å². The number of hydrogen-bond acceptors (Lipinski definition) is 6. The van der Waals surface area contributed by atoms with Gasteiger partial charge in [0.2, 0.25) is 0 Å². The highest BCUT2D eigenvalue weighted by Gasteiger charge is 2.30. The van der Waals surface area contributed by atoms with Crippen molar-refractivity contribution in [3.63, 3.8) is 0 Å². The number of pyridine rings is 1. The molecule has 0 saturated carbocycles. The molecule has 0 N–H and O–H groups in total. The van der Waals surface area contributed by atoms with Gasteiger partial charge >= 0.3 is 0 Å².